The summed E-state index contributed by atoms with van der Waals surface area (Å²) >= 11 is 0. The number of likely N-dealkylation sites (tertiary alicyclic amines) is 1. The molecule has 1 aliphatic heterocycles. The number of carbonyl (C=O) groups excluding carboxylic acids is 2. The average molecular weight is 334 g/mol. The summed E-state index contributed by atoms with van der Waals surface area (Å²) in [6, 6.07) is -0.193. The number of aryl methyl sites for hydroxylation is 1. The van der Waals surface area contributed by atoms with Crippen molar-refractivity contribution < 1.29 is 14.3 Å². The number of H-pyrrole nitrogens is 1. The normalized spacial score (nSPS) is 23.1. The standard InChI is InChI=1S/C19H30N2O3/c1-7-24-19(23)16-13(4)17(20-14(16)5)18(22)15(6)21-9-11(2)8-12(3)10-21/h11-12,15,20H,7-10H2,1-6H3. The molecule has 0 amide bonds. The van der Waals surface area contributed by atoms with E-state index >= 15 is 0 Å². The molecule has 0 bridgehead atoms. The van der Waals surface area contributed by atoms with Gasteiger partial charge in [0.1, 0.15) is 0 Å². The van der Waals surface area contributed by atoms with Crippen LogP contribution in [0.3, 0.4) is 0 Å². The number of Topliss-reactive ketones (excluding diaryl/α,β-unsaturated/α-hetero) is 1. The van der Waals surface area contributed by atoms with Crippen LogP contribution in [-0.2, 0) is 4.74 Å². The van der Waals surface area contributed by atoms with E-state index in [1.807, 2.05) is 20.8 Å². The van der Waals surface area contributed by atoms with Gasteiger partial charge in [0.15, 0.2) is 5.78 Å². The highest BCUT2D eigenvalue weighted by Gasteiger charge is 2.32. The van der Waals surface area contributed by atoms with Crippen molar-refractivity contribution in [3.8, 4) is 0 Å². The molecule has 0 radical (unpaired) electrons. The molecule has 2 heterocycles. The van der Waals surface area contributed by atoms with Gasteiger partial charge in [0.2, 0.25) is 0 Å². The number of nitrogens with one attached hydrogen (secondary N) is 1. The Morgan fingerprint density at radius 3 is 2.38 bits per heavy atom. The zero-order chi connectivity index (χ0) is 18.0. The zero-order valence-electron chi connectivity index (χ0n) is 15.7. The highest BCUT2D eigenvalue weighted by Crippen LogP contribution is 2.26. The van der Waals surface area contributed by atoms with Crippen LogP contribution in [0.5, 0.6) is 0 Å². The number of esters is 1. The van der Waals surface area contributed by atoms with Crippen molar-refractivity contribution in [2.45, 2.75) is 54.0 Å². The number of hydrogen-bond acceptors (Lipinski definition) is 4. The molecule has 1 fully saturated rings. The Morgan fingerprint density at radius 1 is 1.25 bits per heavy atom. The molecule has 5 heteroatoms. The third-order valence-electron chi connectivity index (χ3n) is 4.99. The number of aromatic amines is 1. The third kappa shape index (κ3) is 3.72. The van der Waals surface area contributed by atoms with Gasteiger partial charge >= 0.3 is 5.97 Å². The molecule has 134 valence electrons. The smallest absolute Gasteiger partial charge is 0.340 e. The number of ether oxygens (including phenoxy) is 1. The minimum absolute atomic E-state index is 0.0486. The lowest BCUT2D eigenvalue weighted by molar-refractivity contribution is 0.0525. The highest BCUT2D eigenvalue weighted by atomic mass is 16.5. The lowest BCUT2D eigenvalue weighted by Gasteiger charge is -2.38. The van der Waals surface area contributed by atoms with Gasteiger partial charge in [-0.3, -0.25) is 9.69 Å². The molecule has 0 saturated carbocycles. The van der Waals surface area contributed by atoms with Crippen molar-refractivity contribution in [2.75, 3.05) is 19.7 Å². The van der Waals surface area contributed by atoms with E-state index in [1.54, 1.807) is 6.92 Å². The van der Waals surface area contributed by atoms with Gasteiger partial charge in [-0.15, -0.1) is 0 Å². The fraction of sp³-hybridized carbons (Fsp3) is 0.684. The van der Waals surface area contributed by atoms with Crippen molar-refractivity contribution in [3.63, 3.8) is 0 Å². The van der Waals surface area contributed by atoms with E-state index in [2.05, 4.69) is 23.7 Å². The van der Waals surface area contributed by atoms with Crippen LogP contribution in [0.25, 0.3) is 0 Å². The Bertz CT molecular complexity index is 610. The first-order valence-electron chi connectivity index (χ1n) is 8.90. The van der Waals surface area contributed by atoms with E-state index in [1.165, 1.54) is 6.42 Å². The largest absolute Gasteiger partial charge is 0.462 e. The summed E-state index contributed by atoms with van der Waals surface area (Å²) < 4.78 is 5.11. The number of hydrogen-bond donors (Lipinski definition) is 1. The fourth-order valence-corrected chi connectivity index (χ4v) is 3.91. The first kappa shape index (κ1) is 18.7. The van der Waals surface area contributed by atoms with Crippen LogP contribution < -0.4 is 0 Å². The molecule has 5 nitrogen and oxygen atoms in total. The Balaban J connectivity index is 2.23. The van der Waals surface area contributed by atoms with E-state index in [9.17, 15) is 9.59 Å². The number of ketones is 1. The van der Waals surface area contributed by atoms with Crippen molar-refractivity contribution in [2.24, 2.45) is 11.8 Å². The second kappa shape index (κ2) is 7.51. The molecule has 1 aromatic rings. The second-order valence-electron chi connectivity index (χ2n) is 7.29. The molecule has 0 spiro atoms. The molecule has 3 unspecified atom stereocenters. The van der Waals surface area contributed by atoms with Gasteiger partial charge in [0.25, 0.3) is 0 Å². The molecule has 0 aliphatic carbocycles. The topological polar surface area (TPSA) is 62.4 Å². The van der Waals surface area contributed by atoms with Crippen LogP contribution in [0.4, 0.5) is 0 Å². The number of nitrogens with zero attached hydrogens (tertiary/aromatic N) is 1. The summed E-state index contributed by atoms with van der Waals surface area (Å²) in [6.07, 6.45) is 1.21. The monoisotopic (exact) mass is 334 g/mol. The Morgan fingerprint density at radius 2 is 1.83 bits per heavy atom. The minimum atomic E-state index is -0.365. The van der Waals surface area contributed by atoms with Gasteiger partial charge in [-0.05, 0) is 51.5 Å². The first-order chi connectivity index (χ1) is 11.3. The zero-order valence-corrected chi connectivity index (χ0v) is 15.7. The quantitative estimate of drug-likeness (QED) is 0.662. The SMILES string of the molecule is CCOC(=O)c1c(C)[nH]c(C(=O)C(C)N2CC(C)CC(C)C2)c1C. The lowest BCUT2D eigenvalue weighted by atomic mass is 9.90. The maximum atomic E-state index is 13.0. The second-order valence-corrected chi connectivity index (χ2v) is 7.29. The van der Waals surface area contributed by atoms with Crippen LogP contribution in [0.15, 0.2) is 0 Å². The van der Waals surface area contributed by atoms with Gasteiger partial charge in [-0.25, -0.2) is 4.79 Å². The molecule has 3 atom stereocenters. The number of rotatable bonds is 5. The van der Waals surface area contributed by atoms with Gasteiger partial charge in [-0.1, -0.05) is 13.8 Å². The summed E-state index contributed by atoms with van der Waals surface area (Å²) in [5.74, 6) is 0.888. The predicted octanol–water partition coefficient (Wildman–Crippen LogP) is 3.36. The van der Waals surface area contributed by atoms with E-state index < -0.39 is 0 Å². The van der Waals surface area contributed by atoms with Crippen molar-refractivity contribution in [1.82, 2.24) is 9.88 Å². The van der Waals surface area contributed by atoms with Crippen molar-refractivity contribution >= 4 is 11.8 Å². The maximum Gasteiger partial charge on any atom is 0.340 e. The number of aromatic nitrogens is 1. The average Bonchev–Trinajstić information content (AvgIpc) is 2.80. The molecule has 1 aromatic heterocycles. The predicted molar refractivity (Wildman–Crippen MR) is 94.5 cm³/mol. The highest BCUT2D eigenvalue weighted by molar-refractivity contribution is 6.03. The fourth-order valence-electron chi connectivity index (χ4n) is 3.91. The molecule has 1 aliphatic rings. The van der Waals surface area contributed by atoms with Crippen LogP contribution in [-0.4, -0.2) is 47.4 Å². The maximum absolute atomic E-state index is 13.0. The summed E-state index contributed by atoms with van der Waals surface area (Å²) in [6.45, 7) is 14.1. The number of carbonyl (C=O) groups is 2. The van der Waals surface area contributed by atoms with E-state index in [-0.39, 0.29) is 17.8 Å². The van der Waals surface area contributed by atoms with Crippen molar-refractivity contribution in [3.05, 3.63) is 22.5 Å². The summed E-state index contributed by atoms with van der Waals surface area (Å²) in [4.78, 5) is 30.5. The number of piperidine rings is 1. The van der Waals surface area contributed by atoms with Crippen LogP contribution in [0.2, 0.25) is 0 Å². The molecule has 2 rings (SSSR count). The van der Waals surface area contributed by atoms with Gasteiger partial charge in [-0.2, -0.15) is 0 Å². The van der Waals surface area contributed by atoms with E-state index in [0.29, 0.717) is 41.0 Å². The van der Waals surface area contributed by atoms with Gasteiger partial charge in [0.05, 0.1) is 23.9 Å². The van der Waals surface area contributed by atoms with E-state index in [0.717, 1.165) is 13.1 Å². The molecule has 24 heavy (non-hydrogen) atoms. The van der Waals surface area contributed by atoms with Crippen LogP contribution in [0.1, 0.15) is 66.2 Å². The summed E-state index contributed by atoms with van der Waals surface area (Å²) in [7, 11) is 0. The Labute approximate surface area is 144 Å². The van der Waals surface area contributed by atoms with Crippen molar-refractivity contribution in [1.29, 1.82) is 0 Å². The van der Waals surface area contributed by atoms with Gasteiger partial charge < -0.3 is 9.72 Å². The minimum Gasteiger partial charge on any atom is -0.462 e. The molecule has 0 aromatic carbocycles. The van der Waals surface area contributed by atoms with Gasteiger partial charge in [0, 0.05) is 18.8 Å². The summed E-state index contributed by atoms with van der Waals surface area (Å²) in [5, 5.41) is 0. The lowest BCUT2D eigenvalue weighted by Crippen LogP contribution is -2.47. The third-order valence-corrected chi connectivity index (χ3v) is 4.99. The molecular weight excluding hydrogens is 304 g/mol. The van der Waals surface area contributed by atoms with Crippen LogP contribution in [0, 0.1) is 25.7 Å². The molecular formula is C19H30N2O3. The molecule has 1 N–H and O–H groups in total. The summed E-state index contributed by atoms with van der Waals surface area (Å²) in [5.41, 5.74) is 2.42. The first-order valence-corrected chi connectivity index (χ1v) is 8.90. The molecule has 1 saturated heterocycles. The Kier molecular flexibility index (Phi) is 5.86. The van der Waals surface area contributed by atoms with E-state index in [4.69, 9.17) is 4.74 Å². The Hall–Kier alpha value is -1.62. The van der Waals surface area contributed by atoms with Crippen LogP contribution >= 0.6 is 0 Å².